The molecule has 3 unspecified atom stereocenters. The van der Waals surface area contributed by atoms with Gasteiger partial charge in [-0.2, -0.15) is 0 Å². The maximum Gasteiger partial charge on any atom is 0.311 e. The lowest BCUT2D eigenvalue weighted by Crippen LogP contribution is -2.48. The van der Waals surface area contributed by atoms with Crippen LogP contribution in [0.25, 0.3) is 0 Å². The Morgan fingerprint density at radius 1 is 0.967 bits per heavy atom. The van der Waals surface area contributed by atoms with Crippen molar-refractivity contribution in [3.05, 3.63) is 70.7 Å². The molecule has 0 aliphatic heterocycles. The van der Waals surface area contributed by atoms with Crippen LogP contribution in [0.15, 0.2) is 65.2 Å². The number of allylic oxidation sites excluding steroid dienone is 1. The highest BCUT2D eigenvalue weighted by Crippen LogP contribution is 2.53. The van der Waals surface area contributed by atoms with Crippen LogP contribution in [-0.4, -0.2) is 11.1 Å². The number of rotatable bonds is 9. The molecule has 3 nitrogen and oxygen atoms in total. The summed E-state index contributed by atoms with van der Waals surface area (Å²) in [6, 6.07) is 17.2. The van der Waals surface area contributed by atoms with E-state index < -0.39 is 11.4 Å². The van der Waals surface area contributed by atoms with Crippen molar-refractivity contribution >= 4 is 29.2 Å². The number of ether oxygens (including phenoxy) is 1. The molecule has 0 radical (unpaired) electrons. The minimum absolute atomic E-state index is 0.0560. The van der Waals surface area contributed by atoms with Crippen molar-refractivity contribution in [1.29, 1.82) is 0 Å². The second-order valence-electron chi connectivity index (χ2n) is 8.35. The van der Waals surface area contributed by atoms with Crippen LogP contribution in [0.2, 0.25) is 0 Å². The van der Waals surface area contributed by atoms with E-state index in [4.69, 9.17) is 27.9 Å². The smallest absolute Gasteiger partial charge is 0.311 e. The van der Waals surface area contributed by atoms with E-state index in [-0.39, 0.29) is 28.2 Å². The number of hydrogen-bond acceptors (Lipinski definition) is 2. The minimum atomic E-state index is -1.10. The zero-order valence-corrected chi connectivity index (χ0v) is 19.6. The van der Waals surface area contributed by atoms with Crippen molar-refractivity contribution in [2.45, 2.75) is 40.5 Å². The van der Waals surface area contributed by atoms with Crippen LogP contribution in [0, 0.1) is 23.2 Å². The first-order chi connectivity index (χ1) is 14.1. The second kappa shape index (κ2) is 10.4. The third kappa shape index (κ3) is 5.19. The third-order valence-electron chi connectivity index (χ3n) is 5.83. The first kappa shape index (κ1) is 24.3. The molecule has 0 saturated heterocycles. The fourth-order valence-electron chi connectivity index (χ4n) is 4.68. The number of benzene rings is 2. The molecule has 2 rings (SSSR count). The van der Waals surface area contributed by atoms with Crippen LogP contribution >= 0.6 is 23.2 Å². The molecule has 2 aromatic rings. The average molecular weight is 449 g/mol. The van der Waals surface area contributed by atoms with Gasteiger partial charge in [0.05, 0.1) is 5.41 Å². The van der Waals surface area contributed by atoms with Gasteiger partial charge in [-0.15, -0.1) is 0 Å². The van der Waals surface area contributed by atoms with E-state index in [0.29, 0.717) is 5.75 Å². The van der Waals surface area contributed by atoms with Gasteiger partial charge in [-0.05, 0) is 47.6 Å². The van der Waals surface area contributed by atoms with Gasteiger partial charge in [0.25, 0.3) is 0 Å². The summed E-state index contributed by atoms with van der Waals surface area (Å²) < 4.78 is 6.09. The normalized spacial score (nSPS) is 15.4. The molecule has 1 N–H and O–H groups in total. The van der Waals surface area contributed by atoms with Crippen molar-refractivity contribution in [1.82, 2.24) is 0 Å². The van der Waals surface area contributed by atoms with Gasteiger partial charge in [0.1, 0.15) is 16.0 Å². The fourth-order valence-corrected chi connectivity index (χ4v) is 5.06. The lowest BCUT2D eigenvalue weighted by atomic mass is 9.56. The molecule has 0 amide bonds. The van der Waals surface area contributed by atoms with Gasteiger partial charge in [-0.3, -0.25) is 4.79 Å². The van der Waals surface area contributed by atoms with Crippen molar-refractivity contribution < 1.29 is 14.6 Å². The topological polar surface area (TPSA) is 46.5 Å². The van der Waals surface area contributed by atoms with Crippen molar-refractivity contribution in [2.24, 2.45) is 23.2 Å². The first-order valence-corrected chi connectivity index (χ1v) is 10.9. The summed E-state index contributed by atoms with van der Waals surface area (Å²) in [4.78, 5) is 12.8. The largest absolute Gasteiger partial charge is 0.481 e. The van der Waals surface area contributed by atoms with Crippen LogP contribution in [0.4, 0.5) is 0 Å². The Balaban J connectivity index is 2.61. The second-order valence-corrected chi connectivity index (χ2v) is 9.36. The zero-order chi connectivity index (χ0) is 22.5. The number of aliphatic carboxylic acids is 1. The van der Waals surface area contributed by atoms with E-state index in [0.717, 1.165) is 11.3 Å². The van der Waals surface area contributed by atoms with Gasteiger partial charge in [0.2, 0.25) is 0 Å². The van der Waals surface area contributed by atoms with Gasteiger partial charge in [0.15, 0.2) is 0 Å². The Morgan fingerprint density at radius 3 is 2.07 bits per heavy atom. The molecule has 0 heterocycles. The number of carbonyl (C=O) groups is 1. The highest BCUT2D eigenvalue weighted by molar-refractivity contribution is 6.55. The van der Waals surface area contributed by atoms with Crippen molar-refractivity contribution in [2.75, 3.05) is 0 Å². The van der Waals surface area contributed by atoms with E-state index in [2.05, 4.69) is 0 Å². The lowest BCUT2D eigenvalue weighted by molar-refractivity contribution is -0.158. The monoisotopic (exact) mass is 448 g/mol. The Hall–Kier alpha value is -1.97. The predicted molar refractivity (Wildman–Crippen MR) is 124 cm³/mol. The summed E-state index contributed by atoms with van der Waals surface area (Å²) in [6.07, 6.45) is 1.64. The van der Waals surface area contributed by atoms with E-state index in [1.54, 1.807) is 6.08 Å². The molecule has 0 aromatic heterocycles. The molecule has 3 atom stereocenters. The first-order valence-electron chi connectivity index (χ1n) is 10.2. The van der Waals surface area contributed by atoms with E-state index in [1.807, 2.05) is 89.2 Å². The highest BCUT2D eigenvalue weighted by atomic mass is 35.5. The molecular weight excluding hydrogens is 419 g/mol. The van der Waals surface area contributed by atoms with Crippen LogP contribution in [0.3, 0.4) is 0 Å². The number of hydrogen-bond donors (Lipinski definition) is 1. The van der Waals surface area contributed by atoms with E-state index >= 15 is 0 Å². The van der Waals surface area contributed by atoms with Crippen LogP contribution in [0.1, 0.15) is 46.1 Å². The zero-order valence-electron chi connectivity index (χ0n) is 18.1. The molecule has 0 aliphatic carbocycles. The molecule has 0 aliphatic rings. The summed E-state index contributed by atoms with van der Waals surface area (Å²) in [5.74, 6) is -0.232. The number of para-hydroxylation sites is 1. The van der Waals surface area contributed by atoms with Gasteiger partial charge < -0.3 is 9.84 Å². The number of carboxylic acid groups (broad SMARTS) is 1. The summed E-state index contributed by atoms with van der Waals surface area (Å²) in [7, 11) is 0. The van der Waals surface area contributed by atoms with Crippen LogP contribution < -0.4 is 4.74 Å². The SMILES string of the molecule is CC(C)C(c1cccc(Oc2ccccc2)c1)C(C(=O)O)(C(C)C)C(C)C=C(Cl)Cl. The fraction of sp³-hybridized carbons (Fsp3) is 0.400. The molecule has 2 aromatic carbocycles. The lowest BCUT2D eigenvalue weighted by Gasteiger charge is -2.46. The maximum absolute atomic E-state index is 12.8. The third-order valence-corrected chi connectivity index (χ3v) is 6.08. The predicted octanol–water partition coefficient (Wildman–Crippen LogP) is 7.90. The molecule has 162 valence electrons. The van der Waals surface area contributed by atoms with Gasteiger partial charge in [-0.25, -0.2) is 0 Å². The Labute approximate surface area is 189 Å². The van der Waals surface area contributed by atoms with Crippen LogP contribution in [-0.2, 0) is 4.79 Å². The molecule has 0 bridgehead atoms. The summed E-state index contributed by atoms with van der Waals surface area (Å²) in [6.45, 7) is 9.86. The van der Waals surface area contributed by atoms with Gasteiger partial charge in [0, 0.05) is 5.92 Å². The van der Waals surface area contributed by atoms with Crippen LogP contribution in [0.5, 0.6) is 11.5 Å². The molecule has 0 spiro atoms. The highest BCUT2D eigenvalue weighted by Gasteiger charge is 2.53. The van der Waals surface area contributed by atoms with Crippen molar-refractivity contribution in [3.8, 4) is 11.5 Å². The minimum Gasteiger partial charge on any atom is -0.481 e. The summed E-state index contributed by atoms with van der Waals surface area (Å²) in [5.41, 5.74) is -0.186. The quantitative estimate of drug-likeness (QED) is 0.423. The van der Waals surface area contributed by atoms with E-state index in [1.165, 1.54) is 0 Å². The maximum atomic E-state index is 12.8. The summed E-state index contributed by atoms with van der Waals surface area (Å²) >= 11 is 11.9. The average Bonchev–Trinajstić information content (AvgIpc) is 2.65. The molecule has 0 saturated carbocycles. The van der Waals surface area contributed by atoms with E-state index in [9.17, 15) is 9.90 Å². The van der Waals surface area contributed by atoms with Crippen molar-refractivity contribution in [3.63, 3.8) is 0 Å². The molecule has 5 heteroatoms. The van der Waals surface area contributed by atoms with Gasteiger partial charge in [-0.1, -0.05) is 94.2 Å². The number of halogens is 2. The Morgan fingerprint density at radius 2 is 1.57 bits per heavy atom. The van der Waals surface area contributed by atoms with Gasteiger partial charge >= 0.3 is 5.97 Å². The molecule has 30 heavy (non-hydrogen) atoms. The summed E-state index contributed by atoms with van der Waals surface area (Å²) in [5, 5.41) is 10.5. The Bertz CT molecular complexity index is 873. The standard InChI is InChI=1S/C25H30Cl2O3/c1-16(2)23(25(17(3)4,24(28)29)18(5)14-22(26)27)19-10-9-13-21(15-19)30-20-11-7-6-8-12-20/h6-18,23H,1-5H3,(H,28,29). The molecular formula is C25H30Cl2O3. The molecule has 0 fully saturated rings. The number of carboxylic acids is 1. The Kier molecular flexibility index (Phi) is 8.40.